The molecule has 0 heterocycles. The molecule has 2 amide bonds. The van der Waals surface area contributed by atoms with E-state index in [1.165, 1.54) is 0 Å². The number of hydrogen-bond donors (Lipinski definition) is 2. The molecule has 18 heavy (non-hydrogen) atoms. The summed E-state index contributed by atoms with van der Waals surface area (Å²) < 4.78 is 0. The van der Waals surface area contributed by atoms with Gasteiger partial charge in [0, 0.05) is 11.7 Å². The van der Waals surface area contributed by atoms with E-state index in [0.29, 0.717) is 0 Å². The molecular weight excluding hydrogens is 228 g/mol. The van der Waals surface area contributed by atoms with Gasteiger partial charge in [-0.1, -0.05) is 6.07 Å². The number of aryl methyl sites for hydroxylation is 2. The Morgan fingerprint density at radius 2 is 1.61 bits per heavy atom. The van der Waals surface area contributed by atoms with E-state index in [1.807, 2.05) is 45.9 Å². The van der Waals surface area contributed by atoms with Crippen molar-refractivity contribution in [3.63, 3.8) is 0 Å². The van der Waals surface area contributed by atoms with E-state index >= 15 is 0 Å². The summed E-state index contributed by atoms with van der Waals surface area (Å²) in [7, 11) is 0. The first-order valence-electron chi connectivity index (χ1n) is 6.04. The third-order valence-electron chi connectivity index (χ3n) is 2.28. The van der Waals surface area contributed by atoms with Crippen molar-refractivity contribution < 1.29 is 9.59 Å². The number of nitrogens with one attached hydrogen (secondary N) is 2. The zero-order chi connectivity index (χ0) is 13.7. The molecule has 4 nitrogen and oxygen atoms in total. The molecule has 0 unspecified atom stereocenters. The van der Waals surface area contributed by atoms with Gasteiger partial charge in [-0.2, -0.15) is 0 Å². The Balaban J connectivity index is 2.57. The average molecular weight is 248 g/mol. The van der Waals surface area contributed by atoms with Crippen molar-refractivity contribution in [2.45, 2.75) is 40.2 Å². The Hall–Kier alpha value is -1.84. The van der Waals surface area contributed by atoms with Crippen LogP contribution in [0.1, 0.15) is 31.4 Å². The molecule has 1 aromatic rings. The quantitative estimate of drug-likeness (QED) is 0.802. The summed E-state index contributed by atoms with van der Waals surface area (Å²) in [5.41, 5.74) is 2.89. The van der Waals surface area contributed by atoms with Crippen LogP contribution in [-0.2, 0) is 9.59 Å². The minimum atomic E-state index is -0.293. The van der Waals surface area contributed by atoms with Gasteiger partial charge in [0.15, 0.2) is 0 Å². The van der Waals surface area contributed by atoms with Crippen molar-refractivity contribution in [3.05, 3.63) is 29.3 Å². The van der Waals surface area contributed by atoms with E-state index < -0.39 is 0 Å². The van der Waals surface area contributed by atoms with Crippen molar-refractivity contribution in [2.24, 2.45) is 0 Å². The van der Waals surface area contributed by atoms with Gasteiger partial charge in [-0.3, -0.25) is 9.59 Å². The van der Waals surface area contributed by atoms with Crippen molar-refractivity contribution in [2.75, 3.05) is 5.32 Å². The van der Waals surface area contributed by atoms with Crippen molar-refractivity contribution in [1.29, 1.82) is 0 Å². The molecule has 0 fully saturated rings. The molecule has 0 spiro atoms. The van der Waals surface area contributed by atoms with Crippen LogP contribution in [0.5, 0.6) is 0 Å². The van der Waals surface area contributed by atoms with Gasteiger partial charge < -0.3 is 10.6 Å². The molecule has 0 aliphatic carbocycles. The first-order chi connectivity index (χ1) is 8.36. The predicted molar refractivity (Wildman–Crippen MR) is 72.4 cm³/mol. The maximum absolute atomic E-state index is 11.7. The zero-order valence-electron chi connectivity index (χ0n) is 11.3. The molecule has 1 aromatic carbocycles. The fourth-order valence-corrected chi connectivity index (χ4v) is 1.77. The van der Waals surface area contributed by atoms with Crippen molar-refractivity contribution in [3.8, 4) is 0 Å². The van der Waals surface area contributed by atoms with Crippen LogP contribution in [0.2, 0.25) is 0 Å². The van der Waals surface area contributed by atoms with Gasteiger partial charge in [-0.15, -0.1) is 0 Å². The lowest BCUT2D eigenvalue weighted by molar-refractivity contribution is -0.127. The topological polar surface area (TPSA) is 58.2 Å². The van der Waals surface area contributed by atoms with Crippen LogP contribution < -0.4 is 10.6 Å². The normalized spacial score (nSPS) is 10.3. The highest BCUT2D eigenvalue weighted by Crippen LogP contribution is 2.13. The second-order valence-electron chi connectivity index (χ2n) is 4.82. The summed E-state index contributed by atoms with van der Waals surface area (Å²) in [5, 5.41) is 5.41. The van der Waals surface area contributed by atoms with E-state index in [1.54, 1.807) is 0 Å². The van der Waals surface area contributed by atoms with E-state index in [4.69, 9.17) is 0 Å². The van der Waals surface area contributed by atoms with Crippen LogP contribution >= 0.6 is 0 Å². The second kappa shape index (κ2) is 6.19. The molecule has 0 saturated heterocycles. The Morgan fingerprint density at radius 1 is 1.06 bits per heavy atom. The second-order valence-corrected chi connectivity index (χ2v) is 4.82. The summed E-state index contributed by atoms with van der Waals surface area (Å²) in [5.74, 6) is -0.551. The standard InChI is InChI=1S/C14H20N2O2/c1-9(2)15-13(17)8-14(18)16-12-6-10(3)5-11(4)7-12/h5-7,9H,8H2,1-4H3,(H,15,17)(H,16,18). The summed E-state index contributed by atoms with van der Waals surface area (Å²) in [4.78, 5) is 23.1. The third kappa shape index (κ3) is 4.99. The molecule has 0 radical (unpaired) electrons. The monoisotopic (exact) mass is 248 g/mol. The van der Waals surface area contributed by atoms with E-state index in [2.05, 4.69) is 10.6 Å². The summed E-state index contributed by atoms with van der Waals surface area (Å²) >= 11 is 0. The number of carbonyl (C=O) groups is 2. The molecule has 0 aliphatic heterocycles. The minimum absolute atomic E-state index is 0.0477. The SMILES string of the molecule is Cc1cc(C)cc(NC(=O)CC(=O)NC(C)C)c1. The average Bonchev–Trinajstić information content (AvgIpc) is 2.12. The van der Waals surface area contributed by atoms with Crippen molar-refractivity contribution in [1.82, 2.24) is 5.32 Å². The maximum atomic E-state index is 11.7. The van der Waals surface area contributed by atoms with Gasteiger partial charge in [0.25, 0.3) is 0 Å². The number of rotatable bonds is 4. The first kappa shape index (κ1) is 14.2. The molecule has 0 saturated carbocycles. The Kier molecular flexibility index (Phi) is 4.89. The lowest BCUT2D eigenvalue weighted by atomic mass is 10.1. The van der Waals surface area contributed by atoms with Crippen molar-refractivity contribution >= 4 is 17.5 Å². The van der Waals surface area contributed by atoms with Gasteiger partial charge in [0.05, 0.1) is 0 Å². The molecule has 0 aromatic heterocycles. The van der Waals surface area contributed by atoms with E-state index in [0.717, 1.165) is 16.8 Å². The largest absolute Gasteiger partial charge is 0.353 e. The molecule has 0 atom stereocenters. The maximum Gasteiger partial charge on any atom is 0.233 e. The smallest absolute Gasteiger partial charge is 0.233 e. The van der Waals surface area contributed by atoms with E-state index in [-0.39, 0.29) is 24.3 Å². The molecule has 1 rings (SSSR count). The Bertz CT molecular complexity index is 433. The van der Waals surface area contributed by atoms with Crippen LogP contribution in [0.15, 0.2) is 18.2 Å². The molecule has 0 aliphatic rings. The molecule has 2 N–H and O–H groups in total. The van der Waals surface area contributed by atoms with Crippen LogP contribution in [0, 0.1) is 13.8 Å². The molecule has 4 heteroatoms. The highest BCUT2D eigenvalue weighted by Gasteiger charge is 2.10. The van der Waals surface area contributed by atoms with Gasteiger partial charge >= 0.3 is 0 Å². The molecule has 98 valence electrons. The van der Waals surface area contributed by atoms with Gasteiger partial charge in [-0.25, -0.2) is 0 Å². The van der Waals surface area contributed by atoms with Crippen LogP contribution in [0.25, 0.3) is 0 Å². The summed E-state index contributed by atoms with van der Waals surface area (Å²) in [6.45, 7) is 7.65. The third-order valence-corrected chi connectivity index (χ3v) is 2.28. The van der Waals surface area contributed by atoms with Crippen LogP contribution in [0.3, 0.4) is 0 Å². The minimum Gasteiger partial charge on any atom is -0.353 e. The fourth-order valence-electron chi connectivity index (χ4n) is 1.77. The summed E-state index contributed by atoms with van der Waals surface area (Å²) in [6.07, 6.45) is -0.148. The highest BCUT2D eigenvalue weighted by atomic mass is 16.2. The molecule has 0 bridgehead atoms. The lowest BCUT2D eigenvalue weighted by Gasteiger charge is -2.09. The number of anilines is 1. The number of hydrogen-bond acceptors (Lipinski definition) is 2. The predicted octanol–water partition coefficient (Wildman–Crippen LogP) is 2.16. The van der Waals surface area contributed by atoms with E-state index in [9.17, 15) is 9.59 Å². The van der Waals surface area contributed by atoms with Crippen LogP contribution in [-0.4, -0.2) is 17.9 Å². The number of carbonyl (C=O) groups excluding carboxylic acids is 2. The van der Waals surface area contributed by atoms with Gasteiger partial charge in [0.2, 0.25) is 11.8 Å². The van der Waals surface area contributed by atoms with Crippen LogP contribution in [0.4, 0.5) is 5.69 Å². The molecular formula is C14H20N2O2. The summed E-state index contributed by atoms with van der Waals surface area (Å²) in [6, 6.07) is 5.84. The first-order valence-corrected chi connectivity index (χ1v) is 6.04. The number of amides is 2. The van der Waals surface area contributed by atoms with Gasteiger partial charge in [-0.05, 0) is 51.0 Å². The highest BCUT2D eigenvalue weighted by molar-refractivity contribution is 6.03. The van der Waals surface area contributed by atoms with Gasteiger partial charge in [0.1, 0.15) is 6.42 Å². The Labute approximate surface area is 108 Å². The number of benzene rings is 1. The fraction of sp³-hybridized carbons (Fsp3) is 0.429. The zero-order valence-corrected chi connectivity index (χ0v) is 11.3. The Morgan fingerprint density at radius 3 is 2.11 bits per heavy atom. The lowest BCUT2D eigenvalue weighted by Crippen LogP contribution is -2.33.